The summed E-state index contributed by atoms with van der Waals surface area (Å²) in [5.41, 5.74) is 13.2. The van der Waals surface area contributed by atoms with Gasteiger partial charge in [-0.05, 0) is 109 Å². The Balaban J connectivity index is 1.62. The summed E-state index contributed by atoms with van der Waals surface area (Å²) >= 11 is 0. The van der Waals surface area contributed by atoms with Crippen molar-refractivity contribution in [3.05, 3.63) is 107 Å². The molecule has 0 spiro atoms. The van der Waals surface area contributed by atoms with Gasteiger partial charge in [0.25, 0.3) is 0 Å². The van der Waals surface area contributed by atoms with Crippen LogP contribution >= 0.6 is 0 Å². The molecular weight excluding hydrogens is 496 g/mol. The van der Waals surface area contributed by atoms with Gasteiger partial charge in [0.05, 0.1) is 22.0 Å². The van der Waals surface area contributed by atoms with E-state index in [4.69, 9.17) is 0 Å². The van der Waals surface area contributed by atoms with Crippen molar-refractivity contribution in [1.29, 1.82) is 0 Å². The summed E-state index contributed by atoms with van der Waals surface area (Å²) in [4.78, 5) is 0. The minimum atomic E-state index is 0.622. The Bertz CT molecular complexity index is 1870. The molecule has 6 aromatic rings. The molecule has 0 N–H and O–H groups in total. The first-order chi connectivity index (χ1) is 19.6. The molecule has 0 aliphatic heterocycles. The molecule has 2 heterocycles. The highest BCUT2D eigenvalue weighted by Crippen LogP contribution is 2.36. The minimum Gasteiger partial charge on any atom is -0.309 e. The van der Waals surface area contributed by atoms with Gasteiger partial charge in [-0.15, -0.1) is 0 Å². The van der Waals surface area contributed by atoms with Gasteiger partial charge in [0.1, 0.15) is 7.05 Å². The maximum Gasteiger partial charge on any atom is 0.220 e. The Morgan fingerprint density at radius 1 is 0.659 bits per heavy atom. The Hall–Kier alpha value is -3.91. The summed E-state index contributed by atoms with van der Waals surface area (Å²) in [6, 6.07) is 28.1. The molecule has 0 saturated carbocycles. The quantitative estimate of drug-likeness (QED) is 0.186. The molecule has 0 radical (unpaired) electrons. The molecule has 0 amide bonds. The average Bonchev–Trinajstić information content (AvgIpc) is 3.22. The van der Waals surface area contributed by atoms with Crippen molar-refractivity contribution in [3.8, 4) is 16.9 Å². The molecule has 0 unspecified atom stereocenters. The van der Waals surface area contributed by atoms with Crippen LogP contribution in [0.4, 0.5) is 0 Å². The van der Waals surface area contributed by atoms with Gasteiger partial charge in [-0.2, -0.15) is 0 Å². The van der Waals surface area contributed by atoms with Crippen LogP contribution in [0.2, 0.25) is 0 Å². The van der Waals surface area contributed by atoms with Gasteiger partial charge in [0, 0.05) is 22.5 Å². The summed E-state index contributed by atoms with van der Waals surface area (Å²) in [5.74, 6) is 1.24. The van der Waals surface area contributed by atoms with Gasteiger partial charge in [-0.25, -0.2) is 4.57 Å². The number of fused-ring (bicyclic) bond motifs is 4. The third-order valence-electron chi connectivity index (χ3n) is 8.63. The Kier molecular flexibility index (Phi) is 6.98. The molecule has 41 heavy (non-hydrogen) atoms. The first-order valence-electron chi connectivity index (χ1n) is 15.2. The zero-order valence-corrected chi connectivity index (χ0v) is 26.0. The van der Waals surface area contributed by atoms with E-state index >= 15 is 0 Å². The number of benzene rings is 4. The molecule has 2 heteroatoms. The molecular formula is C39H43N2+. The SMILES string of the molecule is Cc1cc(C)c(C)c(-c2c3ccc(-n4c5cc(CC(C)C)ccc5c5ccc(CC(C)C)cc54)cc3cc[n+]2C)c1. The molecule has 0 fully saturated rings. The van der Waals surface area contributed by atoms with Crippen molar-refractivity contribution in [1.82, 2.24) is 4.57 Å². The molecule has 4 aromatic carbocycles. The maximum absolute atomic E-state index is 2.51. The van der Waals surface area contributed by atoms with Crippen molar-refractivity contribution < 1.29 is 4.57 Å². The lowest BCUT2D eigenvalue weighted by molar-refractivity contribution is -0.659. The lowest BCUT2D eigenvalue weighted by Crippen LogP contribution is -2.30. The first-order valence-corrected chi connectivity index (χ1v) is 15.2. The first kappa shape index (κ1) is 27.3. The molecule has 2 aromatic heterocycles. The third kappa shape index (κ3) is 4.95. The lowest BCUT2D eigenvalue weighted by Gasteiger charge is -2.14. The Morgan fingerprint density at radius 2 is 1.24 bits per heavy atom. The van der Waals surface area contributed by atoms with Crippen LogP contribution in [-0.2, 0) is 19.9 Å². The second-order valence-corrected chi connectivity index (χ2v) is 13.0. The van der Waals surface area contributed by atoms with Gasteiger partial charge in [-0.3, -0.25) is 0 Å². The fourth-order valence-corrected chi connectivity index (χ4v) is 6.70. The summed E-state index contributed by atoms with van der Waals surface area (Å²) in [6.07, 6.45) is 4.39. The van der Waals surface area contributed by atoms with Gasteiger partial charge < -0.3 is 4.57 Å². The van der Waals surface area contributed by atoms with Crippen LogP contribution in [0.25, 0.3) is 49.5 Å². The van der Waals surface area contributed by atoms with E-state index in [0.717, 1.165) is 12.8 Å². The van der Waals surface area contributed by atoms with Crippen molar-refractivity contribution in [2.24, 2.45) is 18.9 Å². The molecule has 2 nitrogen and oxygen atoms in total. The van der Waals surface area contributed by atoms with E-state index in [9.17, 15) is 0 Å². The van der Waals surface area contributed by atoms with Crippen molar-refractivity contribution in [3.63, 3.8) is 0 Å². The molecule has 6 rings (SSSR count). The van der Waals surface area contributed by atoms with E-state index in [-0.39, 0.29) is 0 Å². The highest BCUT2D eigenvalue weighted by atomic mass is 15.0. The van der Waals surface area contributed by atoms with Gasteiger partial charge in [0.15, 0.2) is 6.20 Å². The van der Waals surface area contributed by atoms with Crippen LogP contribution in [0.15, 0.2) is 79.0 Å². The predicted octanol–water partition coefficient (Wildman–Crippen LogP) is 9.75. The fraction of sp³-hybridized carbons (Fsp3) is 0.308. The second kappa shape index (κ2) is 10.5. The van der Waals surface area contributed by atoms with Crippen LogP contribution in [0, 0.1) is 32.6 Å². The van der Waals surface area contributed by atoms with Crippen LogP contribution in [-0.4, -0.2) is 4.57 Å². The highest BCUT2D eigenvalue weighted by Gasteiger charge is 2.20. The number of pyridine rings is 1. The van der Waals surface area contributed by atoms with Crippen LogP contribution in [0.5, 0.6) is 0 Å². The van der Waals surface area contributed by atoms with Gasteiger partial charge >= 0.3 is 0 Å². The molecule has 0 bridgehead atoms. The van der Waals surface area contributed by atoms with Gasteiger partial charge in [-0.1, -0.05) is 63.6 Å². The molecule has 0 saturated heterocycles. The summed E-state index contributed by atoms with van der Waals surface area (Å²) < 4.78 is 4.78. The van der Waals surface area contributed by atoms with E-state index in [1.165, 1.54) is 77.3 Å². The Morgan fingerprint density at radius 3 is 1.83 bits per heavy atom. The monoisotopic (exact) mass is 539 g/mol. The van der Waals surface area contributed by atoms with Gasteiger partial charge in [0.2, 0.25) is 5.69 Å². The number of rotatable bonds is 6. The van der Waals surface area contributed by atoms with Crippen molar-refractivity contribution in [2.45, 2.75) is 61.3 Å². The largest absolute Gasteiger partial charge is 0.309 e. The number of hydrogen-bond acceptors (Lipinski definition) is 0. The normalized spacial score (nSPS) is 12.0. The summed E-state index contributed by atoms with van der Waals surface area (Å²) in [5, 5.41) is 5.21. The standard InChI is InChI=1S/C39H43N2/c1-24(2)17-29-9-12-34-35-13-10-30(18-25(3)4)22-38(35)41(37(34)21-29)32-11-14-33-31(23-32)15-16-40(8)39(33)36-20-26(5)19-27(6)28(36)7/h9-16,19-25H,17-18H2,1-8H3/q+1. The summed E-state index contributed by atoms with van der Waals surface area (Å²) in [7, 11) is 2.17. The predicted molar refractivity (Wildman–Crippen MR) is 176 cm³/mol. The van der Waals surface area contributed by atoms with Crippen LogP contribution in [0.1, 0.15) is 55.5 Å². The second-order valence-electron chi connectivity index (χ2n) is 13.0. The van der Waals surface area contributed by atoms with Crippen molar-refractivity contribution >= 4 is 32.6 Å². The minimum absolute atomic E-state index is 0.622. The molecule has 0 aliphatic rings. The highest BCUT2D eigenvalue weighted by molar-refractivity contribution is 6.10. The number of nitrogens with zero attached hydrogens (tertiary/aromatic N) is 2. The number of aryl methyl sites for hydroxylation is 3. The molecule has 0 atom stereocenters. The van der Waals surface area contributed by atoms with E-state index in [1.807, 2.05) is 0 Å². The topological polar surface area (TPSA) is 8.81 Å². The number of hydrogen-bond donors (Lipinski definition) is 0. The smallest absolute Gasteiger partial charge is 0.220 e. The van der Waals surface area contributed by atoms with E-state index in [2.05, 4.69) is 144 Å². The molecule has 208 valence electrons. The number of aromatic nitrogens is 2. The molecule has 0 aliphatic carbocycles. The van der Waals surface area contributed by atoms with Crippen LogP contribution in [0.3, 0.4) is 0 Å². The summed E-state index contributed by atoms with van der Waals surface area (Å²) in [6.45, 7) is 15.9. The van der Waals surface area contributed by atoms with E-state index < -0.39 is 0 Å². The fourth-order valence-electron chi connectivity index (χ4n) is 6.70. The zero-order valence-electron chi connectivity index (χ0n) is 26.0. The zero-order chi connectivity index (χ0) is 29.0. The lowest BCUT2D eigenvalue weighted by atomic mass is 9.94. The third-order valence-corrected chi connectivity index (χ3v) is 8.63. The van der Waals surface area contributed by atoms with Crippen molar-refractivity contribution in [2.75, 3.05) is 0 Å². The average molecular weight is 540 g/mol. The maximum atomic E-state index is 2.51. The Labute approximate surface area is 245 Å². The van der Waals surface area contributed by atoms with Crippen LogP contribution < -0.4 is 4.57 Å². The van der Waals surface area contributed by atoms with E-state index in [1.54, 1.807) is 0 Å². The van der Waals surface area contributed by atoms with E-state index in [0.29, 0.717) is 11.8 Å².